The van der Waals surface area contributed by atoms with Gasteiger partial charge >= 0.3 is 6.09 Å². The summed E-state index contributed by atoms with van der Waals surface area (Å²) in [4.78, 5) is 40.3. The van der Waals surface area contributed by atoms with Gasteiger partial charge in [-0.25, -0.2) is 4.79 Å². The van der Waals surface area contributed by atoms with E-state index >= 15 is 0 Å². The quantitative estimate of drug-likeness (QED) is 0.505. The Morgan fingerprint density at radius 1 is 1.16 bits per heavy atom. The van der Waals surface area contributed by atoms with Crippen molar-refractivity contribution in [2.24, 2.45) is 0 Å². The fraction of sp³-hybridized carbons (Fsp3) is 0.542. The number of aryl methyl sites for hydroxylation is 2. The van der Waals surface area contributed by atoms with Gasteiger partial charge in [0.15, 0.2) is 0 Å². The highest BCUT2D eigenvalue weighted by molar-refractivity contribution is 5.92. The number of nitrogens with one attached hydrogen (secondary N) is 2. The highest BCUT2D eigenvalue weighted by Gasteiger charge is 2.37. The topological polar surface area (TPSA) is 108 Å². The van der Waals surface area contributed by atoms with Gasteiger partial charge < -0.3 is 25.4 Å². The molecule has 178 valence electrons. The molecular formula is C24H37N3O5. The van der Waals surface area contributed by atoms with Crippen LogP contribution in [0.4, 0.5) is 4.79 Å². The van der Waals surface area contributed by atoms with E-state index in [9.17, 15) is 19.5 Å². The Bertz CT molecular complexity index is 809. The number of aliphatic hydroxyl groups is 1. The first-order valence-electron chi connectivity index (χ1n) is 10.7. The van der Waals surface area contributed by atoms with Gasteiger partial charge in [0.2, 0.25) is 11.8 Å². The number of carbonyl (C=O) groups excluding carboxylic acids is 3. The Labute approximate surface area is 191 Å². The fourth-order valence-corrected chi connectivity index (χ4v) is 3.35. The SMILES string of the molecule is C=CCN(C(=O)C(CO)NC(=O)OC(C)(C)C)C(C(=O)NC(C)C)c1c(C)cccc1C. The summed E-state index contributed by atoms with van der Waals surface area (Å²) < 4.78 is 5.21. The minimum absolute atomic E-state index is 0.0370. The number of nitrogens with zero attached hydrogens (tertiary/aromatic N) is 1. The molecular weight excluding hydrogens is 410 g/mol. The normalized spacial score (nSPS) is 13.2. The molecule has 0 heterocycles. The van der Waals surface area contributed by atoms with Crippen LogP contribution in [0, 0.1) is 13.8 Å². The maximum atomic E-state index is 13.5. The summed E-state index contributed by atoms with van der Waals surface area (Å²) in [6.07, 6.45) is 0.669. The molecule has 0 saturated heterocycles. The lowest BCUT2D eigenvalue weighted by atomic mass is 9.93. The highest BCUT2D eigenvalue weighted by atomic mass is 16.6. The van der Waals surface area contributed by atoms with Gasteiger partial charge in [-0.05, 0) is 65.2 Å². The fourth-order valence-electron chi connectivity index (χ4n) is 3.35. The zero-order valence-electron chi connectivity index (χ0n) is 20.2. The molecule has 0 radical (unpaired) electrons. The van der Waals surface area contributed by atoms with Crippen LogP contribution >= 0.6 is 0 Å². The van der Waals surface area contributed by atoms with Crippen molar-refractivity contribution in [3.8, 4) is 0 Å². The van der Waals surface area contributed by atoms with Crippen molar-refractivity contribution in [2.75, 3.05) is 13.2 Å². The molecule has 0 aliphatic carbocycles. The van der Waals surface area contributed by atoms with Gasteiger partial charge in [0.25, 0.3) is 0 Å². The van der Waals surface area contributed by atoms with Crippen LogP contribution in [0.25, 0.3) is 0 Å². The molecule has 0 saturated carbocycles. The van der Waals surface area contributed by atoms with E-state index in [0.29, 0.717) is 5.56 Å². The summed E-state index contributed by atoms with van der Waals surface area (Å²) in [6, 6.07) is 3.21. The molecule has 3 amide bonds. The predicted molar refractivity (Wildman–Crippen MR) is 124 cm³/mol. The smallest absolute Gasteiger partial charge is 0.408 e. The lowest BCUT2D eigenvalue weighted by Crippen LogP contribution is -2.55. The maximum Gasteiger partial charge on any atom is 0.408 e. The Hall–Kier alpha value is -2.87. The lowest BCUT2D eigenvalue weighted by molar-refractivity contribution is -0.142. The van der Waals surface area contributed by atoms with Crippen LogP contribution in [0.1, 0.15) is 57.4 Å². The predicted octanol–water partition coefficient (Wildman–Crippen LogP) is 2.77. The van der Waals surface area contributed by atoms with Crippen LogP contribution in [-0.2, 0) is 14.3 Å². The first kappa shape index (κ1) is 27.2. The van der Waals surface area contributed by atoms with Crippen molar-refractivity contribution >= 4 is 17.9 Å². The molecule has 2 unspecified atom stereocenters. The first-order valence-corrected chi connectivity index (χ1v) is 10.7. The Morgan fingerprint density at radius 2 is 1.72 bits per heavy atom. The molecule has 8 heteroatoms. The zero-order valence-corrected chi connectivity index (χ0v) is 20.2. The van der Waals surface area contributed by atoms with E-state index in [4.69, 9.17) is 4.74 Å². The van der Waals surface area contributed by atoms with Crippen LogP contribution in [0.2, 0.25) is 0 Å². The van der Waals surface area contributed by atoms with E-state index in [2.05, 4.69) is 17.2 Å². The van der Waals surface area contributed by atoms with Crippen LogP contribution in [0.15, 0.2) is 30.9 Å². The van der Waals surface area contributed by atoms with Gasteiger partial charge in [0.05, 0.1) is 6.61 Å². The largest absolute Gasteiger partial charge is 0.444 e. The molecule has 0 aromatic heterocycles. The molecule has 0 aliphatic heterocycles. The molecule has 1 aromatic rings. The number of amides is 3. The summed E-state index contributed by atoms with van der Waals surface area (Å²) in [5.74, 6) is -0.980. The van der Waals surface area contributed by atoms with Gasteiger partial charge in [0.1, 0.15) is 17.7 Å². The molecule has 0 fully saturated rings. The Balaban J connectivity index is 3.43. The Kier molecular flexibility index (Phi) is 9.90. The van der Waals surface area contributed by atoms with Gasteiger partial charge in [-0.3, -0.25) is 9.59 Å². The van der Waals surface area contributed by atoms with Crippen LogP contribution in [-0.4, -0.2) is 58.8 Å². The van der Waals surface area contributed by atoms with Crippen LogP contribution in [0.3, 0.4) is 0 Å². The van der Waals surface area contributed by atoms with Gasteiger partial charge in [-0.1, -0.05) is 24.3 Å². The molecule has 1 aromatic carbocycles. The van der Waals surface area contributed by atoms with E-state index in [1.807, 2.05) is 45.9 Å². The van der Waals surface area contributed by atoms with Crippen molar-refractivity contribution in [3.05, 3.63) is 47.5 Å². The molecule has 8 nitrogen and oxygen atoms in total. The molecule has 0 bridgehead atoms. The third-order valence-electron chi connectivity index (χ3n) is 4.59. The summed E-state index contributed by atoms with van der Waals surface area (Å²) in [5, 5.41) is 15.1. The maximum absolute atomic E-state index is 13.5. The van der Waals surface area contributed by atoms with E-state index < -0.39 is 36.3 Å². The number of aliphatic hydroxyl groups excluding tert-OH is 1. The zero-order chi connectivity index (χ0) is 24.6. The number of hydrogen-bond donors (Lipinski definition) is 3. The highest BCUT2D eigenvalue weighted by Crippen LogP contribution is 2.28. The standard InChI is InChI=1S/C24H37N3O5/c1-9-13-27(22(30)18(14-28)26-23(31)32-24(6,7)8)20(21(29)25-15(2)3)19-16(4)11-10-12-17(19)5/h9-12,15,18,20,28H,1,13-14H2,2-8H3,(H,25,29)(H,26,31). The van der Waals surface area contributed by atoms with Gasteiger partial charge in [-0.2, -0.15) is 0 Å². The third-order valence-corrected chi connectivity index (χ3v) is 4.59. The minimum Gasteiger partial charge on any atom is -0.444 e. The number of benzene rings is 1. The van der Waals surface area contributed by atoms with Crippen molar-refractivity contribution < 1.29 is 24.2 Å². The summed E-state index contributed by atoms with van der Waals surface area (Å²) in [5.41, 5.74) is 1.61. The minimum atomic E-state index is -1.29. The van der Waals surface area contributed by atoms with E-state index in [1.165, 1.54) is 11.0 Å². The van der Waals surface area contributed by atoms with Crippen molar-refractivity contribution in [2.45, 2.75) is 72.2 Å². The number of carbonyl (C=O) groups is 3. The van der Waals surface area contributed by atoms with Crippen molar-refractivity contribution in [3.63, 3.8) is 0 Å². The summed E-state index contributed by atoms with van der Waals surface area (Å²) in [7, 11) is 0. The van der Waals surface area contributed by atoms with Crippen LogP contribution in [0.5, 0.6) is 0 Å². The second kappa shape index (κ2) is 11.7. The second-order valence-electron chi connectivity index (χ2n) is 9.03. The number of alkyl carbamates (subject to hydrolysis) is 1. The Morgan fingerprint density at radius 3 is 2.16 bits per heavy atom. The molecule has 3 N–H and O–H groups in total. The molecule has 2 atom stereocenters. The van der Waals surface area contributed by atoms with Crippen molar-refractivity contribution in [1.29, 1.82) is 0 Å². The number of rotatable bonds is 9. The summed E-state index contributed by atoms with van der Waals surface area (Å²) in [6.45, 7) is 15.6. The molecule has 0 aliphatic rings. The monoisotopic (exact) mass is 447 g/mol. The molecule has 32 heavy (non-hydrogen) atoms. The average molecular weight is 448 g/mol. The van der Waals surface area contributed by atoms with E-state index in [1.54, 1.807) is 20.8 Å². The molecule has 1 rings (SSSR count). The number of hydrogen-bond acceptors (Lipinski definition) is 5. The second-order valence-corrected chi connectivity index (χ2v) is 9.03. The lowest BCUT2D eigenvalue weighted by Gasteiger charge is -2.35. The average Bonchev–Trinajstić information content (AvgIpc) is 2.65. The first-order chi connectivity index (χ1) is 14.8. The van der Waals surface area contributed by atoms with E-state index in [0.717, 1.165) is 11.1 Å². The van der Waals surface area contributed by atoms with E-state index in [-0.39, 0.29) is 18.5 Å². The molecule has 0 spiro atoms. The summed E-state index contributed by atoms with van der Waals surface area (Å²) >= 11 is 0. The van der Waals surface area contributed by atoms with Gasteiger partial charge in [-0.15, -0.1) is 6.58 Å². The van der Waals surface area contributed by atoms with Gasteiger partial charge in [0, 0.05) is 12.6 Å². The number of ether oxygens (including phenoxy) is 1. The van der Waals surface area contributed by atoms with Crippen molar-refractivity contribution in [1.82, 2.24) is 15.5 Å². The van der Waals surface area contributed by atoms with Crippen LogP contribution < -0.4 is 10.6 Å². The third kappa shape index (κ3) is 7.67.